The first kappa shape index (κ1) is 14.8. The number of anilines is 1. The zero-order chi connectivity index (χ0) is 15.7. The van der Waals surface area contributed by atoms with Crippen molar-refractivity contribution in [2.24, 2.45) is 11.7 Å². The van der Waals surface area contributed by atoms with Crippen molar-refractivity contribution in [1.82, 2.24) is 14.8 Å². The van der Waals surface area contributed by atoms with E-state index in [1.165, 1.54) is 6.20 Å². The van der Waals surface area contributed by atoms with E-state index in [0.29, 0.717) is 30.4 Å². The van der Waals surface area contributed by atoms with E-state index in [-0.39, 0.29) is 24.4 Å². The van der Waals surface area contributed by atoms with Crippen molar-refractivity contribution in [1.29, 1.82) is 0 Å². The molecule has 118 valence electrons. The van der Waals surface area contributed by atoms with Crippen molar-refractivity contribution in [3.63, 3.8) is 0 Å². The van der Waals surface area contributed by atoms with Gasteiger partial charge >= 0.3 is 0 Å². The van der Waals surface area contributed by atoms with Gasteiger partial charge in [0.1, 0.15) is 5.82 Å². The van der Waals surface area contributed by atoms with Gasteiger partial charge in [0.2, 0.25) is 5.91 Å². The first-order valence-corrected chi connectivity index (χ1v) is 7.60. The maximum atomic E-state index is 12.6. The lowest BCUT2D eigenvalue weighted by Crippen LogP contribution is -2.50. The molecule has 1 aromatic rings. The summed E-state index contributed by atoms with van der Waals surface area (Å²) in [5, 5.41) is 0. The predicted molar refractivity (Wildman–Crippen MR) is 81.8 cm³/mol. The van der Waals surface area contributed by atoms with Gasteiger partial charge in [-0.1, -0.05) is 0 Å². The molecule has 7 nitrogen and oxygen atoms in total. The van der Waals surface area contributed by atoms with Gasteiger partial charge in [0.05, 0.1) is 18.2 Å². The van der Waals surface area contributed by atoms with Gasteiger partial charge in [-0.3, -0.25) is 9.59 Å². The standard InChI is InChI=1S/C15H21N5O2/c16-6-14(21)20-5-1-2-11-8-19(9-12(11)20)15(22)10-3-4-13(17)18-7-10/h3-4,7,11-12H,1-2,5-6,8-9,16H2,(H2,17,18). The molecule has 2 saturated heterocycles. The van der Waals surface area contributed by atoms with Gasteiger partial charge in [-0.2, -0.15) is 0 Å². The Morgan fingerprint density at radius 2 is 2.14 bits per heavy atom. The molecule has 2 atom stereocenters. The van der Waals surface area contributed by atoms with Gasteiger partial charge in [0, 0.05) is 25.8 Å². The summed E-state index contributed by atoms with van der Waals surface area (Å²) in [6, 6.07) is 3.41. The smallest absolute Gasteiger partial charge is 0.255 e. The normalized spacial score (nSPS) is 24.2. The first-order valence-electron chi connectivity index (χ1n) is 7.60. The second kappa shape index (κ2) is 5.92. The molecule has 3 heterocycles. The van der Waals surface area contributed by atoms with Gasteiger partial charge in [-0.15, -0.1) is 0 Å². The van der Waals surface area contributed by atoms with E-state index in [2.05, 4.69) is 4.98 Å². The number of hydrogen-bond acceptors (Lipinski definition) is 5. The molecule has 0 spiro atoms. The number of carbonyl (C=O) groups is 2. The van der Waals surface area contributed by atoms with Crippen molar-refractivity contribution < 1.29 is 9.59 Å². The Kier molecular flexibility index (Phi) is 3.98. The second-order valence-corrected chi connectivity index (χ2v) is 5.94. The Bertz CT molecular complexity index is 574. The van der Waals surface area contributed by atoms with E-state index in [1.807, 2.05) is 9.80 Å². The molecule has 22 heavy (non-hydrogen) atoms. The third kappa shape index (κ3) is 2.64. The number of nitrogens with two attached hydrogens (primary N) is 2. The summed E-state index contributed by atoms with van der Waals surface area (Å²) in [4.78, 5) is 32.2. The highest BCUT2D eigenvalue weighted by Gasteiger charge is 2.42. The molecule has 3 rings (SSSR count). The number of pyridine rings is 1. The second-order valence-electron chi connectivity index (χ2n) is 5.94. The lowest BCUT2D eigenvalue weighted by atomic mass is 9.92. The number of likely N-dealkylation sites (tertiary alicyclic amines) is 2. The molecule has 0 aliphatic carbocycles. The molecule has 0 aromatic carbocycles. The Morgan fingerprint density at radius 1 is 1.32 bits per heavy atom. The molecule has 2 unspecified atom stereocenters. The largest absolute Gasteiger partial charge is 0.384 e. The van der Waals surface area contributed by atoms with Crippen LogP contribution in [-0.2, 0) is 4.79 Å². The van der Waals surface area contributed by atoms with E-state index >= 15 is 0 Å². The number of aromatic nitrogens is 1. The number of nitrogen functional groups attached to an aromatic ring is 1. The SMILES string of the molecule is NCC(=O)N1CCCC2CN(C(=O)c3ccc(N)nc3)CC21. The van der Waals surface area contributed by atoms with Gasteiger partial charge in [-0.25, -0.2) is 4.98 Å². The summed E-state index contributed by atoms with van der Waals surface area (Å²) in [7, 11) is 0. The topological polar surface area (TPSA) is 106 Å². The predicted octanol–water partition coefficient (Wildman–Crippen LogP) is -0.314. The summed E-state index contributed by atoms with van der Waals surface area (Å²) in [6.45, 7) is 2.02. The van der Waals surface area contributed by atoms with Crippen molar-refractivity contribution in [3.05, 3.63) is 23.9 Å². The molecule has 2 aliphatic heterocycles. The van der Waals surface area contributed by atoms with E-state index in [0.717, 1.165) is 19.4 Å². The minimum atomic E-state index is -0.0537. The number of carbonyl (C=O) groups excluding carboxylic acids is 2. The summed E-state index contributed by atoms with van der Waals surface area (Å²) in [5.41, 5.74) is 11.6. The highest BCUT2D eigenvalue weighted by atomic mass is 16.2. The minimum Gasteiger partial charge on any atom is -0.384 e. The third-order valence-electron chi connectivity index (χ3n) is 4.60. The third-order valence-corrected chi connectivity index (χ3v) is 4.60. The van der Waals surface area contributed by atoms with Crippen molar-refractivity contribution in [2.45, 2.75) is 18.9 Å². The monoisotopic (exact) mass is 303 g/mol. The molecule has 0 saturated carbocycles. The Labute approximate surface area is 129 Å². The molecular formula is C15H21N5O2. The van der Waals surface area contributed by atoms with Crippen LogP contribution in [0.3, 0.4) is 0 Å². The number of rotatable bonds is 2. The quantitative estimate of drug-likeness (QED) is 0.779. The van der Waals surface area contributed by atoms with Crippen LogP contribution in [0.5, 0.6) is 0 Å². The highest BCUT2D eigenvalue weighted by Crippen LogP contribution is 2.31. The first-order chi connectivity index (χ1) is 10.6. The van der Waals surface area contributed by atoms with Crippen molar-refractivity contribution >= 4 is 17.6 Å². The van der Waals surface area contributed by atoms with E-state index < -0.39 is 0 Å². The lowest BCUT2D eigenvalue weighted by Gasteiger charge is -2.36. The van der Waals surface area contributed by atoms with E-state index in [4.69, 9.17) is 11.5 Å². The zero-order valence-corrected chi connectivity index (χ0v) is 12.4. The Balaban J connectivity index is 1.74. The molecule has 0 bridgehead atoms. The summed E-state index contributed by atoms with van der Waals surface area (Å²) >= 11 is 0. The average Bonchev–Trinajstić information content (AvgIpc) is 2.98. The van der Waals surface area contributed by atoms with Crippen molar-refractivity contribution in [2.75, 3.05) is 31.9 Å². The molecule has 0 radical (unpaired) electrons. The Hall–Kier alpha value is -2.15. The molecule has 2 aliphatic rings. The molecule has 4 N–H and O–H groups in total. The van der Waals surface area contributed by atoms with Crippen LogP contribution in [0.4, 0.5) is 5.82 Å². The number of fused-ring (bicyclic) bond motifs is 1. The summed E-state index contributed by atoms with van der Waals surface area (Å²) < 4.78 is 0. The highest BCUT2D eigenvalue weighted by molar-refractivity contribution is 5.94. The van der Waals surface area contributed by atoms with Crippen LogP contribution < -0.4 is 11.5 Å². The summed E-state index contributed by atoms with van der Waals surface area (Å²) in [6.07, 6.45) is 3.52. The number of piperidine rings is 1. The molecule has 7 heteroatoms. The zero-order valence-electron chi connectivity index (χ0n) is 12.4. The molecule has 1 aromatic heterocycles. The van der Waals surface area contributed by atoms with Gasteiger partial charge in [0.25, 0.3) is 5.91 Å². The molecular weight excluding hydrogens is 282 g/mol. The van der Waals surface area contributed by atoms with Crippen LogP contribution in [0.25, 0.3) is 0 Å². The molecule has 2 amide bonds. The average molecular weight is 303 g/mol. The Morgan fingerprint density at radius 3 is 2.82 bits per heavy atom. The van der Waals surface area contributed by atoms with Crippen LogP contribution in [-0.4, -0.2) is 58.8 Å². The number of amides is 2. The fourth-order valence-electron chi connectivity index (χ4n) is 3.49. The number of nitrogens with zero attached hydrogens (tertiary/aromatic N) is 3. The number of hydrogen-bond donors (Lipinski definition) is 2. The van der Waals surface area contributed by atoms with Crippen LogP contribution >= 0.6 is 0 Å². The maximum absolute atomic E-state index is 12.6. The van der Waals surface area contributed by atoms with E-state index in [1.54, 1.807) is 12.1 Å². The van der Waals surface area contributed by atoms with Crippen LogP contribution in [0.15, 0.2) is 18.3 Å². The lowest BCUT2D eigenvalue weighted by molar-refractivity contribution is -0.133. The minimum absolute atomic E-state index is 0.0268. The fraction of sp³-hybridized carbons (Fsp3) is 0.533. The van der Waals surface area contributed by atoms with Gasteiger partial charge in [0.15, 0.2) is 0 Å². The van der Waals surface area contributed by atoms with E-state index in [9.17, 15) is 9.59 Å². The molecule has 2 fully saturated rings. The van der Waals surface area contributed by atoms with Crippen LogP contribution in [0, 0.1) is 5.92 Å². The van der Waals surface area contributed by atoms with Gasteiger partial charge in [-0.05, 0) is 30.9 Å². The van der Waals surface area contributed by atoms with Gasteiger partial charge < -0.3 is 21.3 Å². The van der Waals surface area contributed by atoms with Crippen LogP contribution in [0.1, 0.15) is 23.2 Å². The fourth-order valence-corrected chi connectivity index (χ4v) is 3.49. The summed E-state index contributed by atoms with van der Waals surface area (Å²) in [5.74, 6) is 0.654. The maximum Gasteiger partial charge on any atom is 0.255 e. The van der Waals surface area contributed by atoms with Crippen LogP contribution in [0.2, 0.25) is 0 Å². The van der Waals surface area contributed by atoms with Crippen molar-refractivity contribution in [3.8, 4) is 0 Å².